The molecule has 1 heterocycles. The van der Waals surface area contributed by atoms with Gasteiger partial charge in [-0.2, -0.15) is 0 Å². The summed E-state index contributed by atoms with van der Waals surface area (Å²) in [5.74, 6) is 0. The highest BCUT2D eigenvalue weighted by atomic mass is 16.5. The van der Waals surface area contributed by atoms with Crippen molar-refractivity contribution in [2.45, 2.75) is 57.1 Å². The van der Waals surface area contributed by atoms with Gasteiger partial charge in [0.05, 0.1) is 6.10 Å². The van der Waals surface area contributed by atoms with Crippen molar-refractivity contribution < 1.29 is 9.53 Å². The molecule has 1 saturated carbocycles. The van der Waals surface area contributed by atoms with E-state index >= 15 is 0 Å². The normalized spacial score (nSPS) is 25.9. The molecule has 1 atom stereocenters. The molecule has 4 nitrogen and oxygen atoms in total. The monoisotopic (exact) mass is 226 g/mol. The second kappa shape index (κ2) is 6.09. The van der Waals surface area contributed by atoms with Crippen molar-refractivity contribution >= 4 is 6.03 Å². The van der Waals surface area contributed by atoms with E-state index in [2.05, 4.69) is 10.6 Å². The Bertz CT molecular complexity index is 221. The van der Waals surface area contributed by atoms with E-state index in [0.29, 0.717) is 12.1 Å². The second-order valence-electron chi connectivity index (χ2n) is 4.81. The minimum Gasteiger partial charge on any atom is -0.378 e. The zero-order chi connectivity index (χ0) is 11.2. The molecule has 0 aromatic carbocycles. The van der Waals surface area contributed by atoms with Gasteiger partial charge in [-0.3, -0.25) is 0 Å². The Morgan fingerprint density at radius 3 is 2.69 bits per heavy atom. The number of nitrogens with one attached hydrogen (secondary N) is 2. The zero-order valence-corrected chi connectivity index (χ0v) is 9.84. The third-order valence-corrected chi connectivity index (χ3v) is 3.47. The summed E-state index contributed by atoms with van der Waals surface area (Å²) in [5.41, 5.74) is 0. The van der Waals surface area contributed by atoms with Crippen LogP contribution < -0.4 is 10.6 Å². The Kier molecular flexibility index (Phi) is 4.45. The number of hydrogen-bond acceptors (Lipinski definition) is 2. The van der Waals surface area contributed by atoms with Crippen LogP contribution in [-0.2, 0) is 4.74 Å². The summed E-state index contributed by atoms with van der Waals surface area (Å²) < 4.78 is 5.50. The average molecular weight is 226 g/mol. The summed E-state index contributed by atoms with van der Waals surface area (Å²) in [7, 11) is 0. The average Bonchev–Trinajstić information content (AvgIpc) is 2.90. The first-order chi connectivity index (χ1) is 7.84. The lowest BCUT2D eigenvalue weighted by Gasteiger charge is -2.14. The van der Waals surface area contributed by atoms with Gasteiger partial charge in [0.15, 0.2) is 0 Å². The van der Waals surface area contributed by atoms with Crippen LogP contribution in [-0.4, -0.2) is 31.3 Å². The van der Waals surface area contributed by atoms with Gasteiger partial charge in [0.1, 0.15) is 0 Å². The lowest BCUT2D eigenvalue weighted by molar-refractivity contribution is 0.104. The van der Waals surface area contributed by atoms with Gasteiger partial charge in [0.25, 0.3) is 0 Å². The summed E-state index contributed by atoms with van der Waals surface area (Å²) in [6.07, 6.45) is 8.40. The van der Waals surface area contributed by atoms with Gasteiger partial charge in [-0.15, -0.1) is 0 Å². The lowest BCUT2D eigenvalue weighted by atomic mass is 10.2. The maximum atomic E-state index is 11.5. The molecule has 0 radical (unpaired) electrons. The predicted molar refractivity (Wildman–Crippen MR) is 62.4 cm³/mol. The van der Waals surface area contributed by atoms with Crippen molar-refractivity contribution in [2.24, 2.45) is 0 Å². The van der Waals surface area contributed by atoms with Crippen LogP contribution in [0.2, 0.25) is 0 Å². The minimum absolute atomic E-state index is 0.00935. The van der Waals surface area contributed by atoms with E-state index in [-0.39, 0.29) is 6.03 Å². The van der Waals surface area contributed by atoms with Crippen molar-refractivity contribution in [3.8, 4) is 0 Å². The number of carbonyl (C=O) groups excluding carboxylic acids is 1. The number of amides is 2. The summed E-state index contributed by atoms with van der Waals surface area (Å²) in [4.78, 5) is 11.5. The van der Waals surface area contributed by atoms with Crippen LogP contribution in [0.15, 0.2) is 0 Å². The Balaban J connectivity index is 1.52. The molecule has 2 rings (SSSR count). The van der Waals surface area contributed by atoms with E-state index < -0.39 is 0 Å². The molecule has 1 aliphatic heterocycles. The Morgan fingerprint density at radius 1 is 1.19 bits per heavy atom. The minimum atomic E-state index is -0.00935. The summed E-state index contributed by atoms with van der Waals surface area (Å²) in [6.45, 7) is 1.61. The molecule has 1 unspecified atom stereocenters. The first-order valence-corrected chi connectivity index (χ1v) is 6.50. The number of ether oxygens (including phenoxy) is 1. The first kappa shape index (κ1) is 11.7. The largest absolute Gasteiger partial charge is 0.378 e. The maximum Gasteiger partial charge on any atom is 0.315 e. The van der Waals surface area contributed by atoms with Gasteiger partial charge in [-0.05, 0) is 32.1 Å². The molecular formula is C12H22N2O2. The summed E-state index contributed by atoms with van der Waals surface area (Å²) in [5, 5.41) is 5.92. The highest BCUT2D eigenvalue weighted by molar-refractivity contribution is 5.74. The number of hydrogen-bond donors (Lipinski definition) is 2. The zero-order valence-electron chi connectivity index (χ0n) is 9.84. The fourth-order valence-corrected chi connectivity index (χ4v) is 2.53. The molecule has 2 fully saturated rings. The molecule has 0 spiro atoms. The topological polar surface area (TPSA) is 50.4 Å². The number of rotatable bonds is 4. The SMILES string of the molecule is O=C(NCCC1CCCO1)NC1CCCC1. The summed E-state index contributed by atoms with van der Waals surface area (Å²) >= 11 is 0. The molecule has 2 aliphatic rings. The molecule has 2 amide bonds. The number of carbonyl (C=O) groups is 1. The van der Waals surface area contributed by atoms with Crippen LogP contribution in [0.1, 0.15) is 44.9 Å². The molecular weight excluding hydrogens is 204 g/mol. The van der Waals surface area contributed by atoms with Gasteiger partial charge in [0, 0.05) is 19.2 Å². The standard InChI is InChI=1S/C12H22N2O2/c15-12(14-10-4-1-2-5-10)13-8-7-11-6-3-9-16-11/h10-11H,1-9H2,(H2,13,14,15). The molecule has 92 valence electrons. The quantitative estimate of drug-likeness (QED) is 0.768. The molecule has 0 bridgehead atoms. The van der Waals surface area contributed by atoms with Crippen LogP contribution in [0.5, 0.6) is 0 Å². The molecule has 4 heteroatoms. The number of urea groups is 1. The van der Waals surface area contributed by atoms with Crippen molar-refractivity contribution in [1.82, 2.24) is 10.6 Å². The highest BCUT2D eigenvalue weighted by Crippen LogP contribution is 2.17. The molecule has 0 aromatic rings. The Hall–Kier alpha value is -0.770. The Labute approximate surface area is 97.1 Å². The Morgan fingerprint density at radius 2 is 2.00 bits per heavy atom. The van der Waals surface area contributed by atoms with Crippen molar-refractivity contribution in [2.75, 3.05) is 13.2 Å². The van der Waals surface area contributed by atoms with Crippen molar-refractivity contribution in [3.63, 3.8) is 0 Å². The van der Waals surface area contributed by atoms with Crippen molar-refractivity contribution in [3.05, 3.63) is 0 Å². The van der Waals surface area contributed by atoms with Crippen LogP contribution >= 0.6 is 0 Å². The van der Waals surface area contributed by atoms with Crippen LogP contribution in [0, 0.1) is 0 Å². The molecule has 16 heavy (non-hydrogen) atoms. The highest BCUT2D eigenvalue weighted by Gasteiger charge is 2.18. The first-order valence-electron chi connectivity index (χ1n) is 6.50. The van der Waals surface area contributed by atoms with E-state index in [0.717, 1.165) is 38.8 Å². The van der Waals surface area contributed by atoms with Gasteiger partial charge in [-0.1, -0.05) is 12.8 Å². The van der Waals surface area contributed by atoms with E-state index in [1.165, 1.54) is 19.3 Å². The van der Waals surface area contributed by atoms with Crippen LogP contribution in [0.3, 0.4) is 0 Å². The summed E-state index contributed by atoms with van der Waals surface area (Å²) in [6, 6.07) is 0.396. The smallest absolute Gasteiger partial charge is 0.315 e. The maximum absolute atomic E-state index is 11.5. The van der Waals surface area contributed by atoms with Gasteiger partial charge < -0.3 is 15.4 Å². The van der Waals surface area contributed by atoms with E-state index in [9.17, 15) is 4.79 Å². The van der Waals surface area contributed by atoms with E-state index in [4.69, 9.17) is 4.74 Å². The van der Waals surface area contributed by atoms with Gasteiger partial charge in [0.2, 0.25) is 0 Å². The predicted octanol–water partition coefficient (Wildman–Crippen LogP) is 1.80. The fraction of sp³-hybridized carbons (Fsp3) is 0.917. The molecule has 1 saturated heterocycles. The van der Waals surface area contributed by atoms with Crippen LogP contribution in [0.4, 0.5) is 4.79 Å². The second-order valence-corrected chi connectivity index (χ2v) is 4.81. The third kappa shape index (κ3) is 3.67. The lowest BCUT2D eigenvalue weighted by Crippen LogP contribution is -2.41. The van der Waals surface area contributed by atoms with E-state index in [1.54, 1.807) is 0 Å². The molecule has 1 aliphatic carbocycles. The molecule has 2 N–H and O–H groups in total. The fourth-order valence-electron chi connectivity index (χ4n) is 2.53. The molecule has 0 aromatic heterocycles. The third-order valence-electron chi connectivity index (χ3n) is 3.47. The van der Waals surface area contributed by atoms with Gasteiger partial charge in [-0.25, -0.2) is 4.79 Å². The van der Waals surface area contributed by atoms with Crippen LogP contribution in [0.25, 0.3) is 0 Å². The van der Waals surface area contributed by atoms with Gasteiger partial charge >= 0.3 is 6.03 Å². The van der Waals surface area contributed by atoms with E-state index in [1.807, 2.05) is 0 Å². The van der Waals surface area contributed by atoms with Crippen molar-refractivity contribution in [1.29, 1.82) is 0 Å².